The van der Waals surface area contributed by atoms with Crippen molar-refractivity contribution in [2.75, 3.05) is 41.0 Å². The van der Waals surface area contributed by atoms with Crippen molar-refractivity contribution >= 4 is 35.0 Å². The number of pyridine rings is 1. The van der Waals surface area contributed by atoms with Crippen LogP contribution in [0.4, 0.5) is 0 Å². The summed E-state index contributed by atoms with van der Waals surface area (Å²) in [6.07, 6.45) is 0.690. The molecule has 1 aliphatic carbocycles. The number of aromatic nitrogens is 1. The third-order valence-corrected chi connectivity index (χ3v) is 11.6. The first-order valence-electron chi connectivity index (χ1n) is 17.7. The number of methoxy groups -OCH3 is 3. The van der Waals surface area contributed by atoms with Gasteiger partial charge in [0.15, 0.2) is 5.75 Å². The van der Waals surface area contributed by atoms with Crippen LogP contribution in [0, 0.1) is 11.8 Å². The molecule has 3 aliphatic heterocycles. The molecule has 1 fully saturated rings. The number of hydrogen-bond acceptors (Lipinski definition) is 10. The van der Waals surface area contributed by atoms with E-state index in [1.165, 1.54) is 20.3 Å². The second kappa shape index (κ2) is 13.4. The first kappa shape index (κ1) is 35.5. The zero-order chi connectivity index (χ0) is 38.1. The van der Waals surface area contributed by atoms with Gasteiger partial charge in [-0.15, -0.1) is 0 Å². The van der Waals surface area contributed by atoms with Gasteiger partial charge in [0.25, 0.3) is 5.56 Å². The Balaban J connectivity index is 1.09. The number of piperidine rings is 1. The first-order valence-corrected chi connectivity index (χ1v) is 18.1. The van der Waals surface area contributed by atoms with Gasteiger partial charge in [-0.25, -0.2) is 0 Å². The van der Waals surface area contributed by atoms with E-state index < -0.39 is 29.0 Å². The number of fused-ring (bicyclic) bond motifs is 6. The number of likely N-dealkylation sites (tertiary alicyclic amines) is 1. The molecule has 2 bridgehead atoms. The maximum atomic E-state index is 14.9. The molecule has 13 nitrogen and oxygen atoms in total. The lowest BCUT2D eigenvalue weighted by molar-refractivity contribution is -0.135. The average Bonchev–Trinajstić information content (AvgIpc) is 3.69. The smallest absolute Gasteiger partial charge is 0.250 e. The summed E-state index contributed by atoms with van der Waals surface area (Å²) < 4.78 is 30.7. The molecule has 54 heavy (non-hydrogen) atoms. The largest absolute Gasteiger partial charge is 0.497 e. The van der Waals surface area contributed by atoms with Crippen molar-refractivity contribution in [1.82, 2.24) is 14.8 Å². The van der Waals surface area contributed by atoms with E-state index in [1.807, 2.05) is 6.07 Å². The molecule has 5 heterocycles. The van der Waals surface area contributed by atoms with Gasteiger partial charge in [0.2, 0.25) is 29.0 Å². The quantitative estimate of drug-likeness (QED) is 0.255. The van der Waals surface area contributed by atoms with Crippen LogP contribution in [0.1, 0.15) is 57.0 Å². The maximum absolute atomic E-state index is 14.9. The van der Waals surface area contributed by atoms with Crippen LogP contribution in [-0.4, -0.2) is 79.4 Å². The summed E-state index contributed by atoms with van der Waals surface area (Å²) in [5.41, 5.74) is -0.205. The van der Waals surface area contributed by atoms with Crippen LogP contribution in [0.3, 0.4) is 0 Å². The molecule has 2 aromatic carbocycles. The van der Waals surface area contributed by atoms with Gasteiger partial charge < -0.3 is 38.1 Å². The van der Waals surface area contributed by atoms with Gasteiger partial charge >= 0.3 is 0 Å². The predicted octanol–water partition coefficient (Wildman–Crippen LogP) is 4.48. The summed E-state index contributed by atoms with van der Waals surface area (Å²) in [6, 6.07) is 13.7. The van der Waals surface area contributed by atoms with Crippen LogP contribution in [-0.2, 0) is 29.0 Å². The van der Waals surface area contributed by atoms with Crippen LogP contribution in [0.15, 0.2) is 57.7 Å². The van der Waals surface area contributed by atoms with E-state index in [9.17, 15) is 24.0 Å². The normalized spacial score (nSPS) is 22.2. The highest BCUT2D eigenvalue weighted by atomic mass is 35.5. The highest BCUT2D eigenvalue weighted by Crippen LogP contribution is 2.54. The van der Waals surface area contributed by atoms with Gasteiger partial charge in [-0.3, -0.25) is 24.0 Å². The van der Waals surface area contributed by atoms with Gasteiger partial charge in [0.05, 0.1) is 39.9 Å². The number of carbonyl (C=O) groups excluding carboxylic acids is 4. The number of ether oxygens (including phenoxy) is 4. The van der Waals surface area contributed by atoms with Crippen molar-refractivity contribution in [3.63, 3.8) is 0 Å². The highest BCUT2D eigenvalue weighted by Gasteiger charge is 2.63. The second-order valence-electron chi connectivity index (χ2n) is 14.3. The Morgan fingerprint density at radius 1 is 0.944 bits per heavy atom. The Hall–Kier alpha value is -5.56. The van der Waals surface area contributed by atoms with Gasteiger partial charge in [-0.2, -0.15) is 0 Å². The minimum absolute atomic E-state index is 0.0180. The van der Waals surface area contributed by atoms with Gasteiger partial charge in [-0.1, -0.05) is 24.6 Å². The lowest BCUT2D eigenvalue weighted by Gasteiger charge is -2.42. The molecule has 4 aliphatic rings. The minimum Gasteiger partial charge on any atom is -0.497 e. The number of ketones is 2. The molecule has 280 valence electrons. The molecule has 0 radical (unpaired) electrons. The fourth-order valence-corrected chi connectivity index (χ4v) is 8.85. The molecule has 1 saturated heterocycles. The molecule has 4 aromatic rings. The fraction of sp³-hybridized carbons (Fsp3) is 0.375. The number of benzene rings is 2. The molecule has 2 aromatic heterocycles. The highest BCUT2D eigenvalue weighted by molar-refractivity contribution is 6.36. The van der Waals surface area contributed by atoms with E-state index in [4.69, 9.17) is 35.0 Å². The number of Topliss-reactive ketones (excluding diaryl/α,β-unsaturated/α-hetero) is 2. The van der Waals surface area contributed by atoms with E-state index in [0.29, 0.717) is 36.7 Å². The third kappa shape index (κ3) is 5.47. The third-order valence-electron chi connectivity index (χ3n) is 11.2. The molecule has 2 amide bonds. The Bertz CT molecular complexity index is 2300. The molecule has 8 rings (SSSR count). The maximum Gasteiger partial charge on any atom is 0.250 e. The van der Waals surface area contributed by atoms with Crippen molar-refractivity contribution in [2.45, 2.75) is 44.2 Å². The summed E-state index contributed by atoms with van der Waals surface area (Å²) in [4.78, 5) is 70.7. The number of nitrogens with zero attached hydrogens (tertiary/aromatic N) is 2. The molecule has 0 saturated carbocycles. The first-order chi connectivity index (χ1) is 26.0. The van der Waals surface area contributed by atoms with Crippen LogP contribution in [0.2, 0.25) is 5.02 Å². The van der Waals surface area contributed by atoms with Crippen LogP contribution < -0.4 is 29.8 Å². The zero-order valence-electron chi connectivity index (χ0n) is 30.2. The van der Waals surface area contributed by atoms with Crippen molar-refractivity contribution in [3.8, 4) is 34.3 Å². The molecule has 4 atom stereocenters. The summed E-state index contributed by atoms with van der Waals surface area (Å²) in [6.45, 7) is 2.93. The minimum atomic E-state index is -2.02. The number of hydrogen-bond donors (Lipinski definition) is 1. The van der Waals surface area contributed by atoms with E-state index >= 15 is 0 Å². The number of rotatable bonds is 8. The zero-order valence-corrected chi connectivity index (χ0v) is 30.9. The number of carbonyl (C=O) groups is 4. The van der Waals surface area contributed by atoms with E-state index in [-0.39, 0.29) is 87.4 Å². The van der Waals surface area contributed by atoms with Gasteiger partial charge in [0.1, 0.15) is 39.4 Å². The molecular formula is C40H38ClN3O10. The Kier molecular flexibility index (Phi) is 8.79. The van der Waals surface area contributed by atoms with E-state index in [2.05, 4.69) is 5.32 Å². The predicted molar refractivity (Wildman–Crippen MR) is 195 cm³/mol. The number of nitrogens with one attached hydrogen (secondary N) is 1. The molecular weight excluding hydrogens is 718 g/mol. The lowest BCUT2D eigenvalue weighted by Crippen LogP contribution is -2.56. The SMILES string of the molecule is COc1ccc(-c2oc3c(c2CC(=O)NCC(=O)N2C[C@H]4C[C@@H](C2)c2cccc(=O)n2C4)C(=O)[C@@]2(Oc4c(Cl)c(OC)cc(OC)c4C2=O)[C@H](C)C3)cc1. The Morgan fingerprint density at radius 2 is 1.69 bits per heavy atom. The summed E-state index contributed by atoms with van der Waals surface area (Å²) >= 11 is 6.63. The van der Waals surface area contributed by atoms with Gasteiger partial charge in [-0.05, 0) is 42.7 Å². The lowest BCUT2D eigenvalue weighted by atomic mass is 9.70. The van der Waals surface area contributed by atoms with Crippen LogP contribution >= 0.6 is 11.6 Å². The van der Waals surface area contributed by atoms with Crippen LogP contribution in [0.5, 0.6) is 23.0 Å². The number of furan rings is 1. The van der Waals surface area contributed by atoms with E-state index in [0.717, 1.165) is 12.1 Å². The van der Waals surface area contributed by atoms with Crippen molar-refractivity contribution in [2.24, 2.45) is 11.8 Å². The summed E-state index contributed by atoms with van der Waals surface area (Å²) in [5, 5.41) is 2.78. The monoisotopic (exact) mass is 755 g/mol. The number of halogens is 1. The van der Waals surface area contributed by atoms with Crippen molar-refractivity contribution in [1.29, 1.82) is 0 Å². The molecule has 1 spiro atoms. The van der Waals surface area contributed by atoms with Crippen molar-refractivity contribution in [3.05, 3.63) is 92.1 Å². The fourth-order valence-electron chi connectivity index (χ4n) is 8.59. The summed E-state index contributed by atoms with van der Waals surface area (Å²) in [5.74, 6) is -1.09. The Labute approximate surface area is 315 Å². The number of amides is 2. The average molecular weight is 756 g/mol. The Morgan fingerprint density at radius 3 is 2.41 bits per heavy atom. The molecule has 0 unspecified atom stereocenters. The van der Waals surface area contributed by atoms with Gasteiger partial charge in [0, 0.05) is 66.8 Å². The van der Waals surface area contributed by atoms with Crippen molar-refractivity contribution < 1.29 is 42.5 Å². The molecule has 1 N–H and O–H groups in total. The summed E-state index contributed by atoms with van der Waals surface area (Å²) in [7, 11) is 4.35. The second-order valence-corrected chi connectivity index (χ2v) is 14.7. The standard InChI is InChI=1S/C40H38ClN3O10/c1-20-12-28-33(38(48)40(20)39(49)34-27(51-3)15-29(52-4)35(41)37(34)54-40)25(36(53-28)22-8-10-24(50-2)11-9-22)14-30(45)42-16-32(47)43-17-21-13-23(19-43)26-6-5-7-31(46)44(26)18-21/h5-11,15,20-21,23H,12-14,16-19H2,1-4H3,(H,42,45)/t20-,21-,23+,40+/m1/s1. The van der Waals surface area contributed by atoms with Crippen LogP contribution in [0.25, 0.3) is 11.3 Å². The van der Waals surface area contributed by atoms with E-state index in [1.54, 1.807) is 59.9 Å². The topological polar surface area (TPSA) is 156 Å². The molecule has 14 heteroatoms.